The van der Waals surface area contributed by atoms with Crippen molar-refractivity contribution in [1.29, 1.82) is 0 Å². The van der Waals surface area contributed by atoms with Crippen molar-refractivity contribution in [2.45, 2.75) is 42.1 Å². The molecule has 0 bridgehead atoms. The number of azide groups is 1. The van der Waals surface area contributed by atoms with Crippen LogP contribution in [0.15, 0.2) is 35.4 Å². The van der Waals surface area contributed by atoms with Crippen LogP contribution in [0.5, 0.6) is 0 Å². The van der Waals surface area contributed by atoms with E-state index in [4.69, 9.17) is 21.9 Å². The maximum atomic E-state index is 12.7. The maximum absolute atomic E-state index is 12.7. The van der Waals surface area contributed by atoms with Crippen LogP contribution >= 0.6 is 23.4 Å². The molecule has 28 heavy (non-hydrogen) atoms. The molecule has 9 nitrogen and oxygen atoms in total. The molecule has 3 rings (SSSR count). The molecule has 2 unspecified atom stereocenters. The molecule has 2 heterocycles. The van der Waals surface area contributed by atoms with Gasteiger partial charge in [-0.15, -0.1) is 11.8 Å². The van der Waals surface area contributed by atoms with Gasteiger partial charge in [0.1, 0.15) is 23.5 Å². The van der Waals surface area contributed by atoms with Crippen molar-refractivity contribution >= 4 is 41.1 Å². The lowest BCUT2D eigenvalue weighted by molar-refractivity contribution is -0.163. The van der Waals surface area contributed by atoms with E-state index in [9.17, 15) is 14.4 Å². The Morgan fingerprint density at radius 3 is 2.71 bits per heavy atom. The van der Waals surface area contributed by atoms with Crippen molar-refractivity contribution in [3.63, 3.8) is 0 Å². The Labute approximate surface area is 170 Å². The molecule has 0 aliphatic carbocycles. The summed E-state index contributed by atoms with van der Waals surface area (Å²) in [7, 11) is 0. The summed E-state index contributed by atoms with van der Waals surface area (Å²) in [5.74, 6) is -1.54. The van der Waals surface area contributed by atoms with E-state index in [-0.39, 0.29) is 12.0 Å². The minimum absolute atomic E-state index is 0.298. The summed E-state index contributed by atoms with van der Waals surface area (Å²) in [5, 5.41) is 5.80. The molecule has 4 atom stereocenters. The zero-order valence-electron chi connectivity index (χ0n) is 15.1. The molecule has 0 aromatic heterocycles. The fraction of sp³-hybridized carbons (Fsp3) is 0.471. The number of nitrogens with one attached hydrogen (secondary N) is 1. The summed E-state index contributed by atoms with van der Waals surface area (Å²) in [6.07, 6.45) is 0. The number of hydrogen-bond donors (Lipinski definition) is 1. The van der Waals surface area contributed by atoms with Gasteiger partial charge in [0.15, 0.2) is 6.07 Å². The Kier molecular flexibility index (Phi) is 5.74. The normalized spacial score (nSPS) is 25.8. The number of esters is 1. The first-order valence-electron chi connectivity index (χ1n) is 8.44. The molecule has 2 aliphatic rings. The summed E-state index contributed by atoms with van der Waals surface area (Å²) < 4.78 is 4.28. The Morgan fingerprint density at radius 1 is 1.43 bits per heavy atom. The predicted octanol–water partition coefficient (Wildman–Crippen LogP) is 2.32. The molecule has 11 heteroatoms. The third-order valence-electron chi connectivity index (χ3n) is 4.69. The van der Waals surface area contributed by atoms with Gasteiger partial charge in [0.05, 0.1) is 0 Å². The molecule has 2 fully saturated rings. The molecule has 1 aromatic carbocycles. The van der Waals surface area contributed by atoms with Gasteiger partial charge < -0.3 is 15.0 Å². The second-order valence-corrected chi connectivity index (χ2v) is 8.83. The van der Waals surface area contributed by atoms with Crippen LogP contribution in [0.1, 0.15) is 25.5 Å². The van der Waals surface area contributed by atoms with Crippen LogP contribution in [-0.4, -0.2) is 51.0 Å². The van der Waals surface area contributed by atoms with E-state index in [0.29, 0.717) is 5.56 Å². The summed E-state index contributed by atoms with van der Waals surface area (Å²) in [5.41, 5.74) is 9.32. The van der Waals surface area contributed by atoms with Crippen LogP contribution < -0.4 is 5.32 Å². The van der Waals surface area contributed by atoms with Gasteiger partial charge in [0.25, 0.3) is 0 Å². The SMILES string of the molecule is CC1(C)S[C@@H]2C(NC(=O)C(N=[N+]=[N-])c3ccccc3)C(=O)N2[C@H]1C(=O)OCCl. The number of thioether (sulfide) groups is 1. The van der Waals surface area contributed by atoms with Gasteiger partial charge in [-0.25, -0.2) is 4.79 Å². The zero-order valence-corrected chi connectivity index (χ0v) is 16.7. The molecule has 1 aromatic rings. The number of carbonyl (C=O) groups excluding carboxylic acids is 3. The van der Waals surface area contributed by atoms with Crippen LogP contribution in [0.3, 0.4) is 0 Å². The fourth-order valence-corrected chi connectivity index (χ4v) is 5.18. The molecular formula is C17H18ClN5O4S. The molecule has 2 saturated heterocycles. The molecule has 2 aliphatic heterocycles. The first-order chi connectivity index (χ1) is 13.3. The highest BCUT2D eigenvalue weighted by Crippen LogP contribution is 2.51. The Hall–Kier alpha value is -2.42. The number of halogens is 1. The largest absolute Gasteiger partial charge is 0.448 e. The van der Waals surface area contributed by atoms with Crippen molar-refractivity contribution in [3.05, 3.63) is 46.3 Å². The summed E-state index contributed by atoms with van der Waals surface area (Å²) in [4.78, 5) is 41.7. The van der Waals surface area contributed by atoms with Gasteiger partial charge in [-0.2, -0.15) is 0 Å². The van der Waals surface area contributed by atoms with Gasteiger partial charge in [-0.05, 0) is 24.9 Å². The second-order valence-electron chi connectivity index (χ2n) is 6.84. The zero-order chi connectivity index (χ0) is 20.5. The van der Waals surface area contributed by atoms with Gasteiger partial charge in [0.2, 0.25) is 11.8 Å². The fourth-order valence-electron chi connectivity index (χ4n) is 3.45. The first kappa shape index (κ1) is 20.3. The summed E-state index contributed by atoms with van der Waals surface area (Å²) in [6.45, 7) is 3.66. The third kappa shape index (κ3) is 3.50. The minimum atomic E-state index is -1.09. The van der Waals surface area contributed by atoms with E-state index < -0.39 is 40.1 Å². The van der Waals surface area contributed by atoms with E-state index in [1.165, 1.54) is 16.7 Å². The highest BCUT2D eigenvalue weighted by atomic mass is 35.5. The second kappa shape index (κ2) is 7.90. The van der Waals surface area contributed by atoms with Gasteiger partial charge in [0, 0.05) is 9.66 Å². The van der Waals surface area contributed by atoms with E-state index in [2.05, 4.69) is 15.3 Å². The van der Waals surface area contributed by atoms with Crippen molar-refractivity contribution in [2.24, 2.45) is 5.11 Å². The number of alkyl halides is 1. The number of hydrogen-bond acceptors (Lipinski definition) is 6. The predicted molar refractivity (Wildman–Crippen MR) is 103 cm³/mol. The lowest BCUT2D eigenvalue weighted by atomic mass is 9.95. The van der Waals surface area contributed by atoms with Crippen molar-refractivity contribution in [2.75, 3.05) is 6.07 Å². The minimum Gasteiger partial charge on any atom is -0.448 e. The molecule has 0 spiro atoms. The highest BCUT2D eigenvalue weighted by molar-refractivity contribution is 8.01. The topological polar surface area (TPSA) is 124 Å². The van der Waals surface area contributed by atoms with Gasteiger partial charge in [-0.3, -0.25) is 9.59 Å². The molecule has 2 amide bonds. The quantitative estimate of drug-likeness (QED) is 0.188. The molecule has 0 saturated carbocycles. The maximum Gasteiger partial charge on any atom is 0.331 e. The molecule has 0 radical (unpaired) electrons. The number of carbonyl (C=O) groups is 3. The van der Waals surface area contributed by atoms with E-state index in [1.54, 1.807) is 30.3 Å². The average molecular weight is 424 g/mol. The molecule has 148 valence electrons. The van der Waals surface area contributed by atoms with Crippen molar-refractivity contribution in [3.8, 4) is 0 Å². The van der Waals surface area contributed by atoms with Crippen molar-refractivity contribution < 1.29 is 19.1 Å². The van der Waals surface area contributed by atoms with Crippen LogP contribution in [0.25, 0.3) is 10.4 Å². The standard InChI is InChI=1S/C17H18ClN5O4S/c1-17(2)12(16(26)27-8-18)23-14(25)11(15(23)28-17)20-13(24)10(21-22-19)9-6-4-3-5-7-9/h3-7,10-12,15H,8H2,1-2H3,(H,20,24)/t10?,11?,12-,15+/m0/s1. The van der Waals surface area contributed by atoms with Crippen LogP contribution in [-0.2, 0) is 19.1 Å². The number of nitrogens with zero attached hydrogens (tertiary/aromatic N) is 4. The van der Waals surface area contributed by atoms with Crippen LogP contribution in [0.4, 0.5) is 0 Å². The van der Waals surface area contributed by atoms with E-state index in [1.807, 2.05) is 13.8 Å². The van der Waals surface area contributed by atoms with E-state index in [0.717, 1.165) is 0 Å². The number of ether oxygens (including phenoxy) is 1. The number of rotatable bonds is 6. The lowest BCUT2D eigenvalue weighted by Crippen LogP contribution is -2.71. The van der Waals surface area contributed by atoms with Crippen LogP contribution in [0, 0.1) is 0 Å². The smallest absolute Gasteiger partial charge is 0.331 e. The van der Waals surface area contributed by atoms with Gasteiger partial charge in [-0.1, -0.05) is 47.0 Å². The van der Waals surface area contributed by atoms with Gasteiger partial charge >= 0.3 is 5.97 Å². The van der Waals surface area contributed by atoms with Crippen molar-refractivity contribution in [1.82, 2.24) is 10.2 Å². The molecular weight excluding hydrogens is 406 g/mol. The summed E-state index contributed by atoms with van der Waals surface area (Å²) in [6, 6.07) is 5.56. The lowest BCUT2D eigenvalue weighted by Gasteiger charge is -2.44. The highest BCUT2D eigenvalue weighted by Gasteiger charge is 2.64. The Morgan fingerprint density at radius 2 is 2.11 bits per heavy atom. The number of benzene rings is 1. The number of β-lactam (4-membered cyclic amide) rings is 1. The first-order valence-corrected chi connectivity index (χ1v) is 9.85. The number of amides is 2. The Balaban J connectivity index is 1.76. The monoisotopic (exact) mass is 423 g/mol. The van der Waals surface area contributed by atoms with Crippen LogP contribution in [0.2, 0.25) is 0 Å². The average Bonchev–Trinajstić information content (AvgIpc) is 2.93. The third-order valence-corrected chi connectivity index (χ3v) is 6.37. The number of fused-ring (bicyclic) bond motifs is 1. The Bertz CT molecular complexity index is 845. The van der Waals surface area contributed by atoms with E-state index >= 15 is 0 Å². The summed E-state index contributed by atoms with van der Waals surface area (Å²) >= 11 is 6.87. The molecule has 1 N–H and O–H groups in total.